The van der Waals surface area contributed by atoms with Gasteiger partial charge in [-0.25, -0.2) is 8.78 Å². The van der Waals surface area contributed by atoms with Gasteiger partial charge in [0.05, 0.1) is 6.04 Å². The maximum atomic E-state index is 13.5. The summed E-state index contributed by atoms with van der Waals surface area (Å²) >= 11 is 0. The van der Waals surface area contributed by atoms with Gasteiger partial charge in [-0.15, -0.1) is 0 Å². The molecule has 1 N–H and O–H groups in total. The SMILES string of the molecule is CCNC(c1ccc(F)c(F)c1)c1cc(C)c(C)cc1C. The van der Waals surface area contributed by atoms with Gasteiger partial charge in [0, 0.05) is 0 Å². The Morgan fingerprint density at radius 1 is 0.905 bits per heavy atom. The summed E-state index contributed by atoms with van der Waals surface area (Å²) in [4.78, 5) is 0. The summed E-state index contributed by atoms with van der Waals surface area (Å²) in [6, 6.07) is 8.22. The molecule has 2 aromatic carbocycles. The fourth-order valence-electron chi connectivity index (χ4n) is 2.60. The monoisotopic (exact) mass is 289 g/mol. The molecule has 0 bridgehead atoms. The lowest BCUT2D eigenvalue weighted by Crippen LogP contribution is -2.23. The molecule has 1 atom stereocenters. The number of hydrogen-bond acceptors (Lipinski definition) is 1. The highest BCUT2D eigenvalue weighted by Gasteiger charge is 2.17. The molecule has 0 aliphatic heterocycles. The van der Waals surface area contributed by atoms with Crippen molar-refractivity contribution in [2.45, 2.75) is 33.7 Å². The molecule has 21 heavy (non-hydrogen) atoms. The van der Waals surface area contributed by atoms with E-state index in [0.717, 1.165) is 23.2 Å². The minimum Gasteiger partial charge on any atom is -0.307 e. The molecule has 0 spiro atoms. The van der Waals surface area contributed by atoms with Gasteiger partial charge in [-0.1, -0.05) is 25.1 Å². The second kappa shape index (κ2) is 6.35. The van der Waals surface area contributed by atoms with E-state index in [1.165, 1.54) is 23.3 Å². The first-order valence-electron chi connectivity index (χ1n) is 7.20. The Morgan fingerprint density at radius 2 is 1.57 bits per heavy atom. The summed E-state index contributed by atoms with van der Waals surface area (Å²) in [6.45, 7) is 8.93. The van der Waals surface area contributed by atoms with Gasteiger partial charge in [0.1, 0.15) is 0 Å². The van der Waals surface area contributed by atoms with Gasteiger partial charge in [0.15, 0.2) is 11.6 Å². The fourth-order valence-corrected chi connectivity index (χ4v) is 2.60. The fraction of sp³-hybridized carbons (Fsp3) is 0.333. The van der Waals surface area contributed by atoms with Gasteiger partial charge in [0.2, 0.25) is 0 Å². The molecule has 0 fully saturated rings. The first-order chi connectivity index (χ1) is 9.93. The van der Waals surface area contributed by atoms with Crippen LogP contribution in [0.4, 0.5) is 8.78 Å². The number of aryl methyl sites for hydroxylation is 3. The Kier molecular flexibility index (Phi) is 4.73. The van der Waals surface area contributed by atoms with E-state index >= 15 is 0 Å². The smallest absolute Gasteiger partial charge is 0.159 e. The highest BCUT2D eigenvalue weighted by Crippen LogP contribution is 2.28. The van der Waals surface area contributed by atoms with Crippen LogP contribution in [-0.2, 0) is 0 Å². The molecule has 1 nitrogen and oxygen atoms in total. The van der Waals surface area contributed by atoms with Crippen LogP contribution < -0.4 is 5.32 Å². The second-order valence-corrected chi connectivity index (χ2v) is 5.46. The predicted octanol–water partition coefficient (Wildman–Crippen LogP) is 4.59. The van der Waals surface area contributed by atoms with Gasteiger partial charge < -0.3 is 5.32 Å². The van der Waals surface area contributed by atoms with Crippen molar-refractivity contribution in [1.29, 1.82) is 0 Å². The quantitative estimate of drug-likeness (QED) is 0.868. The molecule has 0 saturated carbocycles. The molecule has 112 valence electrons. The first-order valence-corrected chi connectivity index (χ1v) is 7.20. The van der Waals surface area contributed by atoms with Crippen molar-refractivity contribution in [2.24, 2.45) is 0 Å². The van der Waals surface area contributed by atoms with E-state index in [-0.39, 0.29) is 6.04 Å². The van der Waals surface area contributed by atoms with Crippen molar-refractivity contribution < 1.29 is 8.78 Å². The van der Waals surface area contributed by atoms with E-state index in [1.807, 2.05) is 13.8 Å². The second-order valence-electron chi connectivity index (χ2n) is 5.46. The summed E-state index contributed by atoms with van der Waals surface area (Å²) < 4.78 is 26.7. The van der Waals surface area contributed by atoms with Gasteiger partial charge in [0.25, 0.3) is 0 Å². The molecule has 0 aliphatic rings. The third kappa shape index (κ3) is 3.30. The van der Waals surface area contributed by atoms with Crippen LogP contribution in [0.5, 0.6) is 0 Å². The molecule has 0 heterocycles. The number of nitrogens with one attached hydrogen (secondary N) is 1. The van der Waals surface area contributed by atoms with Gasteiger partial charge >= 0.3 is 0 Å². The Labute approximate surface area is 125 Å². The third-order valence-corrected chi connectivity index (χ3v) is 3.88. The zero-order valence-corrected chi connectivity index (χ0v) is 12.9. The Hall–Kier alpha value is -1.74. The highest BCUT2D eigenvalue weighted by atomic mass is 19.2. The maximum absolute atomic E-state index is 13.5. The van der Waals surface area contributed by atoms with E-state index in [4.69, 9.17) is 0 Å². The van der Waals surface area contributed by atoms with E-state index in [2.05, 4.69) is 31.3 Å². The summed E-state index contributed by atoms with van der Waals surface area (Å²) in [5.41, 5.74) is 5.42. The van der Waals surface area contributed by atoms with Crippen LogP contribution in [0.3, 0.4) is 0 Å². The molecule has 0 amide bonds. The maximum Gasteiger partial charge on any atom is 0.159 e. The molecule has 2 aromatic rings. The van der Waals surface area contributed by atoms with Crippen LogP contribution >= 0.6 is 0 Å². The average molecular weight is 289 g/mol. The molecular formula is C18H21F2N. The van der Waals surface area contributed by atoms with Crippen molar-refractivity contribution in [1.82, 2.24) is 5.32 Å². The first kappa shape index (κ1) is 15.6. The van der Waals surface area contributed by atoms with Crippen LogP contribution in [-0.4, -0.2) is 6.54 Å². The minimum absolute atomic E-state index is 0.135. The Bertz CT molecular complexity index is 650. The lowest BCUT2D eigenvalue weighted by molar-refractivity contribution is 0.503. The number of rotatable bonds is 4. The van der Waals surface area contributed by atoms with Gasteiger partial charge in [-0.05, 0) is 67.3 Å². The molecule has 3 heteroatoms. The van der Waals surface area contributed by atoms with Crippen LogP contribution in [0.15, 0.2) is 30.3 Å². The van der Waals surface area contributed by atoms with Crippen LogP contribution in [0.2, 0.25) is 0 Å². The average Bonchev–Trinajstić information content (AvgIpc) is 2.44. The number of benzene rings is 2. The molecular weight excluding hydrogens is 268 g/mol. The summed E-state index contributed by atoms with van der Waals surface area (Å²) in [7, 11) is 0. The topological polar surface area (TPSA) is 12.0 Å². The summed E-state index contributed by atoms with van der Waals surface area (Å²) in [5, 5.41) is 3.36. The predicted molar refractivity (Wildman–Crippen MR) is 82.5 cm³/mol. The standard InChI is InChI=1S/C18H21F2N/c1-5-21-18(14-6-7-16(19)17(20)10-14)15-9-12(3)11(2)8-13(15)4/h6-10,18,21H,5H2,1-4H3. The van der Waals surface area contributed by atoms with Crippen molar-refractivity contribution in [3.63, 3.8) is 0 Å². The zero-order valence-electron chi connectivity index (χ0n) is 12.9. The van der Waals surface area contributed by atoms with Gasteiger partial charge in [-0.2, -0.15) is 0 Å². The van der Waals surface area contributed by atoms with E-state index in [9.17, 15) is 8.78 Å². The largest absolute Gasteiger partial charge is 0.307 e. The molecule has 2 rings (SSSR count). The summed E-state index contributed by atoms with van der Waals surface area (Å²) in [5.74, 6) is -1.62. The molecule has 1 unspecified atom stereocenters. The van der Waals surface area contributed by atoms with Crippen LogP contribution in [0.25, 0.3) is 0 Å². The Balaban J connectivity index is 2.52. The van der Waals surface area contributed by atoms with E-state index in [1.54, 1.807) is 6.07 Å². The summed E-state index contributed by atoms with van der Waals surface area (Å²) in [6.07, 6.45) is 0. The van der Waals surface area contributed by atoms with Crippen molar-refractivity contribution in [3.8, 4) is 0 Å². The van der Waals surface area contributed by atoms with Crippen molar-refractivity contribution in [2.75, 3.05) is 6.54 Å². The lowest BCUT2D eigenvalue weighted by atomic mass is 9.91. The minimum atomic E-state index is -0.814. The van der Waals surface area contributed by atoms with E-state index in [0.29, 0.717) is 0 Å². The normalized spacial score (nSPS) is 12.5. The van der Waals surface area contributed by atoms with Gasteiger partial charge in [-0.3, -0.25) is 0 Å². The molecule has 0 radical (unpaired) electrons. The van der Waals surface area contributed by atoms with Crippen LogP contribution in [0.1, 0.15) is 40.8 Å². The number of halogens is 2. The molecule has 0 saturated heterocycles. The van der Waals surface area contributed by atoms with Crippen LogP contribution in [0, 0.1) is 32.4 Å². The zero-order chi connectivity index (χ0) is 15.6. The van der Waals surface area contributed by atoms with Crippen molar-refractivity contribution >= 4 is 0 Å². The number of hydrogen-bond donors (Lipinski definition) is 1. The Morgan fingerprint density at radius 3 is 2.19 bits per heavy atom. The molecule has 0 aliphatic carbocycles. The van der Waals surface area contributed by atoms with E-state index < -0.39 is 11.6 Å². The highest BCUT2D eigenvalue weighted by molar-refractivity contribution is 5.42. The molecule has 0 aromatic heterocycles. The van der Waals surface area contributed by atoms with Crippen molar-refractivity contribution in [3.05, 3.63) is 69.8 Å². The lowest BCUT2D eigenvalue weighted by Gasteiger charge is -2.22. The third-order valence-electron chi connectivity index (χ3n) is 3.88.